The Morgan fingerprint density at radius 2 is 1.56 bits per heavy atom. The van der Waals surface area contributed by atoms with Crippen molar-refractivity contribution >= 4 is 27.2 Å². The zero-order valence-electron chi connectivity index (χ0n) is 17.4. The van der Waals surface area contributed by atoms with E-state index in [-0.39, 0.29) is 10.7 Å². The maximum Gasteiger partial charge on any atom is 0.285 e. The van der Waals surface area contributed by atoms with Gasteiger partial charge in [-0.05, 0) is 42.5 Å². The third-order valence-electron chi connectivity index (χ3n) is 5.85. The first-order valence-corrected chi connectivity index (χ1v) is 12.0. The second-order valence-corrected chi connectivity index (χ2v) is 9.51. The van der Waals surface area contributed by atoms with E-state index >= 15 is 0 Å². The highest BCUT2D eigenvalue weighted by Crippen LogP contribution is 2.27. The van der Waals surface area contributed by atoms with Gasteiger partial charge in [0.05, 0.1) is 0 Å². The lowest BCUT2D eigenvalue weighted by molar-refractivity contribution is 0.246. The van der Waals surface area contributed by atoms with Crippen LogP contribution in [0.25, 0.3) is 0 Å². The molecule has 0 amide bonds. The number of amidine groups is 1. The predicted octanol–water partition coefficient (Wildman–Crippen LogP) is 3.71. The van der Waals surface area contributed by atoms with E-state index < -0.39 is 10.0 Å². The normalized spacial score (nSPS) is 17.7. The first kappa shape index (κ1) is 20.7. The van der Waals surface area contributed by atoms with Crippen LogP contribution in [-0.2, 0) is 16.6 Å². The number of hydrogen-bond donors (Lipinski definition) is 1. The van der Waals surface area contributed by atoms with Crippen LogP contribution in [0.1, 0.15) is 11.1 Å². The summed E-state index contributed by atoms with van der Waals surface area (Å²) in [6, 6.07) is 21.6. The molecule has 0 aliphatic carbocycles. The van der Waals surface area contributed by atoms with Crippen LogP contribution >= 0.6 is 0 Å². The summed E-state index contributed by atoms with van der Waals surface area (Å²) in [6.45, 7) is 4.06. The number of hydrogen-bond acceptors (Lipinski definition) is 5. The predicted molar refractivity (Wildman–Crippen MR) is 124 cm³/mol. The summed E-state index contributed by atoms with van der Waals surface area (Å²) in [5.74, 6) is 0.190. The Balaban J connectivity index is 1.21. The van der Waals surface area contributed by atoms with Gasteiger partial charge in [-0.3, -0.25) is 4.90 Å². The zero-order chi connectivity index (χ0) is 22.1. The number of fused-ring (bicyclic) bond motifs is 1. The molecular formula is C24H23FN4O2S. The number of piperazine rings is 1. The molecule has 32 heavy (non-hydrogen) atoms. The van der Waals surface area contributed by atoms with Crippen LogP contribution in [0, 0.1) is 5.82 Å². The molecule has 6 nitrogen and oxygen atoms in total. The van der Waals surface area contributed by atoms with Crippen LogP contribution < -0.4 is 10.2 Å². The summed E-state index contributed by atoms with van der Waals surface area (Å²) in [7, 11) is -3.64. The third-order valence-corrected chi connectivity index (χ3v) is 7.19. The largest absolute Gasteiger partial charge is 0.369 e. The molecule has 5 rings (SSSR count). The maximum absolute atomic E-state index is 13.9. The molecule has 2 aliphatic rings. The summed E-state index contributed by atoms with van der Waals surface area (Å²) in [5.41, 5.74) is 3.19. The number of anilines is 2. The molecule has 164 valence electrons. The smallest absolute Gasteiger partial charge is 0.285 e. The van der Waals surface area contributed by atoms with Crippen molar-refractivity contribution in [1.29, 1.82) is 0 Å². The van der Waals surface area contributed by atoms with Gasteiger partial charge in [0.2, 0.25) is 0 Å². The Hall–Kier alpha value is -3.23. The molecule has 0 radical (unpaired) electrons. The highest BCUT2D eigenvalue weighted by Gasteiger charge is 2.28. The molecule has 0 aromatic heterocycles. The molecule has 8 heteroatoms. The highest BCUT2D eigenvalue weighted by atomic mass is 32.2. The molecule has 0 unspecified atom stereocenters. The van der Waals surface area contributed by atoms with E-state index in [9.17, 15) is 12.8 Å². The second-order valence-electron chi connectivity index (χ2n) is 7.94. The van der Waals surface area contributed by atoms with Gasteiger partial charge < -0.3 is 10.2 Å². The van der Waals surface area contributed by atoms with E-state index in [1.165, 1.54) is 6.07 Å². The van der Waals surface area contributed by atoms with Crippen molar-refractivity contribution in [1.82, 2.24) is 4.90 Å². The Bertz CT molecular complexity index is 1270. The minimum absolute atomic E-state index is 0.152. The SMILES string of the molecule is O=S1(=O)N=C(Nc2ccc(N3CCN(Cc4ccccc4F)CC3)cc2)c2ccccc21. The van der Waals surface area contributed by atoms with Crippen molar-refractivity contribution in [2.75, 3.05) is 36.4 Å². The van der Waals surface area contributed by atoms with Crippen molar-refractivity contribution in [3.63, 3.8) is 0 Å². The summed E-state index contributed by atoms with van der Waals surface area (Å²) in [4.78, 5) is 4.79. The van der Waals surface area contributed by atoms with Gasteiger partial charge in [-0.25, -0.2) is 4.39 Å². The maximum atomic E-state index is 13.9. The van der Waals surface area contributed by atoms with Crippen molar-refractivity contribution in [2.45, 2.75) is 11.4 Å². The number of sulfonamides is 1. The number of benzene rings is 3. The highest BCUT2D eigenvalue weighted by molar-refractivity contribution is 7.90. The second kappa shape index (κ2) is 8.37. The van der Waals surface area contributed by atoms with E-state index in [1.54, 1.807) is 30.3 Å². The van der Waals surface area contributed by atoms with E-state index in [1.807, 2.05) is 36.4 Å². The fourth-order valence-corrected chi connectivity index (χ4v) is 5.30. The monoisotopic (exact) mass is 450 g/mol. The molecule has 2 aliphatic heterocycles. The van der Waals surface area contributed by atoms with E-state index in [0.717, 1.165) is 43.1 Å². The molecule has 1 N–H and O–H groups in total. The lowest BCUT2D eigenvalue weighted by atomic mass is 10.1. The third kappa shape index (κ3) is 4.11. The van der Waals surface area contributed by atoms with Gasteiger partial charge in [-0.1, -0.05) is 30.3 Å². The quantitative estimate of drug-likeness (QED) is 0.657. The molecule has 1 fully saturated rings. The van der Waals surface area contributed by atoms with Gasteiger partial charge in [-0.15, -0.1) is 4.40 Å². The molecule has 0 atom stereocenters. The van der Waals surface area contributed by atoms with Crippen molar-refractivity contribution in [3.8, 4) is 0 Å². The van der Waals surface area contributed by atoms with Crippen LogP contribution in [-0.4, -0.2) is 45.3 Å². The van der Waals surface area contributed by atoms with Crippen molar-refractivity contribution in [3.05, 3.63) is 89.7 Å². The van der Waals surface area contributed by atoms with Crippen LogP contribution in [0.4, 0.5) is 15.8 Å². The number of rotatable bonds is 4. The van der Waals surface area contributed by atoms with Crippen molar-refractivity contribution < 1.29 is 12.8 Å². The van der Waals surface area contributed by atoms with Gasteiger partial charge in [-0.2, -0.15) is 8.42 Å². The first-order valence-electron chi connectivity index (χ1n) is 10.5. The van der Waals surface area contributed by atoms with Crippen LogP contribution in [0.15, 0.2) is 82.1 Å². The Morgan fingerprint density at radius 3 is 2.31 bits per heavy atom. The molecule has 1 saturated heterocycles. The zero-order valence-corrected chi connectivity index (χ0v) is 18.2. The van der Waals surface area contributed by atoms with Gasteiger partial charge in [0, 0.05) is 55.2 Å². The topological polar surface area (TPSA) is 65.0 Å². The van der Waals surface area contributed by atoms with Gasteiger partial charge in [0.15, 0.2) is 5.84 Å². The van der Waals surface area contributed by atoms with Crippen molar-refractivity contribution in [2.24, 2.45) is 4.40 Å². The molecule has 0 spiro atoms. The van der Waals surface area contributed by atoms with Gasteiger partial charge >= 0.3 is 0 Å². The average molecular weight is 451 g/mol. The fraction of sp³-hybridized carbons (Fsp3) is 0.208. The molecule has 3 aromatic carbocycles. The van der Waals surface area contributed by atoms with Gasteiger partial charge in [0.25, 0.3) is 10.0 Å². The van der Waals surface area contributed by atoms with E-state index in [4.69, 9.17) is 0 Å². The average Bonchev–Trinajstić information content (AvgIpc) is 3.06. The summed E-state index contributed by atoms with van der Waals surface area (Å²) in [6.07, 6.45) is 0. The van der Waals surface area contributed by atoms with Crippen LogP contribution in [0.2, 0.25) is 0 Å². The number of nitrogens with zero attached hydrogens (tertiary/aromatic N) is 3. The molecule has 0 saturated carbocycles. The summed E-state index contributed by atoms with van der Waals surface area (Å²) in [5, 5.41) is 3.13. The number of nitrogens with one attached hydrogen (secondary N) is 1. The Morgan fingerprint density at radius 1 is 0.875 bits per heavy atom. The molecular weight excluding hydrogens is 427 g/mol. The first-order chi connectivity index (χ1) is 15.5. The molecule has 0 bridgehead atoms. The minimum atomic E-state index is -3.64. The van der Waals surface area contributed by atoms with Crippen LogP contribution in [0.3, 0.4) is 0 Å². The van der Waals surface area contributed by atoms with Crippen LogP contribution in [0.5, 0.6) is 0 Å². The van der Waals surface area contributed by atoms with E-state index in [2.05, 4.69) is 19.5 Å². The summed E-state index contributed by atoms with van der Waals surface area (Å²) < 4.78 is 42.2. The van der Waals surface area contributed by atoms with E-state index in [0.29, 0.717) is 17.9 Å². The minimum Gasteiger partial charge on any atom is -0.369 e. The Labute approximate surface area is 187 Å². The lowest BCUT2D eigenvalue weighted by Gasteiger charge is -2.36. The molecule has 2 heterocycles. The van der Waals surface area contributed by atoms with Gasteiger partial charge in [0.1, 0.15) is 10.7 Å². The Kier molecular flexibility index (Phi) is 5.40. The summed E-state index contributed by atoms with van der Waals surface area (Å²) >= 11 is 0. The lowest BCUT2D eigenvalue weighted by Crippen LogP contribution is -2.46. The standard InChI is InChI=1S/C24H23FN4O2S/c25-22-7-3-1-5-18(22)17-28-13-15-29(16-14-28)20-11-9-19(10-12-20)26-24-21-6-2-4-8-23(21)32(30,31)27-24/h1-12H,13-17H2,(H,26,27). The number of halogens is 1. The molecule has 3 aromatic rings. The fourth-order valence-electron chi connectivity index (χ4n) is 4.12.